The van der Waals surface area contributed by atoms with Crippen LogP contribution in [-0.2, 0) is 14.3 Å². The topological polar surface area (TPSA) is 68.3 Å². The molecule has 3 aromatic rings. The lowest BCUT2D eigenvalue weighted by atomic mass is 10.1. The Morgan fingerprint density at radius 2 is 1.88 bits per heavy atom. The van der Waals surface area contributed by atoms with Crippen LogP contribution in [0.25, 0.3) is 17.0 Å². The second-order valence-corrected chi connectivity index (χ2v) is 5.39. The number of carbonyl (C=O) groups excluding carboxylic acids is 2. The van der Waals surface area contributed by atoms with Gasteiger partial charge in [-0.1, -0.05) is 36.4 Å². The Hall–Kier alpha value is -3.54. The van der Waals surface area contributed by atoms with Crippen molar-refractivity contribution in [2.24, 2.45) is 0 Å². The fourth-order valence-corrected chi connectivity index (χ4v) is 2.35. The van der Waals surface area contributed by atoms with E-state index in [-0.39, 0.29) is 5.69 Å². The van der Waals surface area contributed by atoms with E-state index in [1.54, 1.807) is 18.3 Å². The molecular formula is C20H15FN2O3. The van der Waals surface area contributed by atoms with Crippen molar-refractivity contribution < 1.29 is 18.7 Å². The van der Waals surface area contributed by atoms with Crippen molar-refractivity contribution in [1.82, 2.24) is 4.98 Å². The molecule has 1 N–H and O–H groups in total. The number of nitrogens with zero attached hydrogens (tertiary/aromatic N) is 1. The molecule has 1 aromatic heterocycles. The maximum atomic E-state index is 13.4. The molecule has 1 amide bonds. The number of halogens is 1. The zero-order chi connectivity index (χ0) is 18.4. The number of nitrogens with one attached hydrogen (secondary N) is 1. The van der Waals surface area contributed by atoms with Gasteiger partial charge in [-0.05, 0) is 24.3 Å². The first-order chi connectivity index (χ1) is 12.6. The summed E-state index contributed by atoms with van der Waals surface area (Å²) in [6, 6.07) is 15.1. The highest BCUT2D eigenvalue weighted by Gasteiger charge is 2.08. The third-order valence-corrected chi connectivity index (χ3v) is 3.56. The predicted octanol–water partition coefficient (Wildman–Crippen LogP) is 3.57. The van der Waals surface area contributed by atoms with Gasteiger partial charge >= 0.3 is 5.97 Å². The van der Waals surface area contributed by atoms with Gasteiger partial charge in [0.25, 0.3) is 5.91 Å². The molecule has 2 aromatic carbocycles. The lowest BCUT2D eigenvalue weighted by molar-refractivity contribution is -0.142. The van der Waals surface area contributed by atoms with Crippen LogP contribution in [0, 0.1) is 5.82 Å². The molecule has 0 saturated carbocycles. The number of benzene rings is 2. The van der Waals surface area contributed by atoms with Gasteiger partial charge in [-0.3, -0.25) is 9.78 Å². The number of amides is 1. The first-order valence-electron chi connectivity index (χ1n) is 7.86. The summed E-state index contributed by atoms with van der Waals surface area (Å²) in [5, 5.41) is 3.29. The number of rotatable bonds is 5. The lowest BCUT2D eigenvalue weighted by Crippen LogP contribution is -2.20. The third-order valence-electron chi connectivity index (χ3n) is 3.56. The van der Waals surface area contributed by atoms with E-state index in [0.29, 0.717) is 0 Å². The fourth-order valence-electron chi connectivity index (χ4n) is 2.35. The van der Waals surface area contributed by atoms with E-state index in [9.17, 15) is 14.0 Å². The largest absolute Gasteiger partial charge is 0.452 e. The first kappa shape index (κ1) is 17.3. The average Bonchev–Trinajstić information content (AvgIpc) is 2.66. The van der Waals surface area contributed by atoms with Gasteiger partial charge in [-0.2, -0.15) is 0 Å². The van der Waals surface area contributed by atoms with Gasteiger partial charge in [0.2, 0.25) is 0 Å². The van der Waals surface area contributed by atoms with Crippen LogP contribution in [0.4, 0.5) is 10.1 Å². The molecule has 0 saturated heterocycles. The molecule has 3 rings (SSSR count). The number of hydrogen-bond acceptors (Lipinski definition) is 4. The summed E-state index contributed by atoms with van der Waals surface area (Å²) >= 11 is 0. The first-order valence-corrected chi connectivity index (χ1v) is 7.86. The van der Waals surface area contributed by atoms with Gasteiger partial charge < -0.3 is 10.1 Å². The standard InChI is InChI=1S/C20H15FN2O3/c21-16-8-1-2-9-17(16)23-18(24)13-26-19(25)11-10-15-6-3-5-14-7-4-12-22-20(14)15/h1-12H,13H2,(H,23,24)/b11-10+. The van der Waals surface area contributed by atoms with E-state index in [4.69, 9.17) is 4.74 Å². The minimum absolute atomic E-state index is 0.0333. The molecule has 5 nitrogen and oxygen atoms in total. The van der Waals surface area contributed by atoms with Crippen molar-refractivity contribution in [3.8, 4) is 0 Å². The molecule has 26 heavy (non-hydrogen) atoms. The number of anilines is 1. The van der Waals surface area contributed by atoms with Gasteiger partial charge in [-0.25, -0.2) is 9.18 Å². The normalized spacial score (nSPS) is 10.8. The van der Waals surface area contributed by atoms with Crippen LogP contribution < -0.4 is 5.32 Å². The van der Waals surface area contributed by atoms with Crippen LogP contribution in [0.5, 0.6) is 0 Å². The summed E-state index contributed by atoms with van der Waals surface area (Å²) in [5.41, 5.74) is 1.55. The van der Waals surface area contributed by atoms with Gasteiger partial charge in [0.1, 0.15) is 5.82 Å². The van der Waals surface area contributed by atoms with Crippen LogP contribution >= 0.6 is 0 Å². The lowest BCUT2D eigenvalue weighted by Gasteiger charge is -2.06. The Labute approximate surface area is 149 Å². The average molecular weight is 350 g/mol. The van der Waals surface area contributed by atoms with E-state index < -0.39 is 24.3 Å². The zero-order valence-corrected chi connectivity index (χ0v) is 13.7. The molecule has 0 aliphatic rings. The van der Waals surface area contributed by atoms with Gasteiger partial charge in [0, 0.05) is 23.2 Å². The number of ether oxygens (including phenoxy) is 1. The Bertz CT molecular complexity index is 980. The smallest absolute Gasteiger partial charge is 0.331 e. The summed E-state index contributed by atoms with van der Waals surface area (Å²) < 4.78 is 18.3. The quantitative estimate of drug-likeness (QED) is 0.564. The summed E-state index contributed by atoms with van der Waals surface area (Å²) in [6.45, 7) is -0.509. The molecule has 1 heterocycles. The van der Waals surface area contributed by atoms with Gasteiger partial charge in [-0.15, -0.1) is 0 Å². The predicted molar refractivity (Wildman–Crippen MR) is 96.8 cm³/mol. The number of fused-ring (bicyclic) bond motifs is 1. The third kappa shape index (κ3) is 4.30. The maximum Gasteiger partial charge on any atom is 0.331 e. The molecule has 0 aliphatic carbocycles. The molecule has 0 fully saturated rings. The molecular weight excluding hydrogens is 335 g/mol. The summed E-state index contributed by atoms with van der Waals surface area (Å²) in [5.74, 6) is -1.86. The second-order valence-electron chi connectivity index (χ2n) is 5.39. The molecule has 0 atom stereocenters. The monoisotopic (exact) mass is 350 g/mol. The molecule has 130 valence electrons. The number of esters is 1. The van der Waals surface area contributed by atoms with Crippen LogP contribution in [0.1, 0.15) is 5.56 Å². The number of hydrogen-bond donors (Lipinski definition) is 1. The number of carbonyl (C=O) groups is 2. The highest BCUT2D eigenvalue weighted by Crippen LogP contribution is 2.17. The fraction of sp³-hybridized carbons (Fsp3) is 0.0500. The molecule has 0 aliphatic heterocycles. The Kier molecular flexibility index (Phi) is 5.34. The molecule has 0 unspecified atom stereocenters. The maximum absolute atomic E-state index is 13.4. The Morgan fingerprint density at radius 1 is 1.08 bits per heavy atom. The van der Waals surface area contributed by atoms with Crippen molar-refractivity contribution in [2.45, 2.75) is 0 Å². The minimum Gasteiger partial charge on any atom is -0.452 e. The Morgan fingerprint density at radius 3 is 2.73 bits per heavy atom. The second kappa shape index (κ2) is 8.02. The van der Waals surface area contributed by atoms with Gasteiger partial charge in [0.15, 0.2) is 6.61 Å². The van der Waals surface area contributed by atoms with E-state index >= 15 is 0 Å². The van der Waals surface area contributed by atoms with E-state index in [1.165, 1.54) is 24.3 Å². The number of para-hydroxylation sites is 2. The highest BCUT2D eigenvalue weighted by molar-refractivity contribution is 5.96. The van der Waals surface area contributed by atoms with Crippen LogP contribution in [0.15, 0.2) is 66.9 Å². The van der Waals surface area contributed by atoms with Crippen molar-refractivity contribution in [3.05, 3.63) is 78.3 Å². The van der Waals surface area contributed by atoms with Gasteiger partial charge in [0.05, 0.1) is 11.2 Å². The molecule has 0 bridgehead atoms. The van der Waals surface area contributed by atoms with Crippen molar-refractivity contribution in [1.29, 1.82) is 0 Å². The minimum atomic E-state index is -0.679. The molecule has 0 spiro atoms. The van der Waals surface area contributed by atoms with E-state index in [2.05, 4.69) is 10.3 Å². The zero-order valence-electron chi connectivity index (χ0n) is 13.7. The highest BCUT2D eigenvalue weighted by atomic mass is 19.1. The van der Waals surface area contributed by atoms with Crippen LogP contribution in [0.3, 0.4) is 0 Å². The summed E-state index contributed by atoms with van der Waals surface area (Å²) in [7, 11) is 0. The SMILES string of the molecule is O=C(COC(=O)/C=C/c1cccc2cccnc12)Nc1ccccc1F. The van der Waals surface area contributed by atoms with E-state index in [1.807, 2.05) is 30.3 Å². The van der Waals surface area contributed by atoms with Crippen LogP contribution in [0.2, 0.25) is 0 Å². The van der Waals surface area contributed by atoms with Crippen LogP contribution in [-0.4, -0.2) is 23.5 Å². The summed E-state index contributed by atoms with van der Waals surface area (Å²) in [4.78, 5) is 27.8. The van der Waals surface area contributed by atoms with Crippen molar-refractivity contribution in [2.75, 3.05) is 11.9 Å². The molecule has 0 radical (unpaired) electrons. The van der Waals surface area contributed by atoms with E-state index in [0.717, 1.165) is 16.5 Å². The number of aromatic nitrogens is 1. The Balaban J connectivity index is 1.58. The number of pyridine rings is 1. The van der Waals surface area contributed by atoms with Crippen molar-refractivity contribution >= 4 is 34.5 Å². The molecule has 6 heteroatoms. The van der Waals surface area contributed by atoms with Crippen molar-refractivity contribution in [3.63, 3.8) is 0 Å². The summed E-state index contributed by atoms with van der Waals surface area (Å²) in [6.07, 6.45) is 4.47.